The molecule has 0 saturated carbocycles. The Morgan fingerprint density at radius 3 is 2.38 bits per heavy atom. The number of anilines is 1. The lowest BCUT2D eigenvalue weighted by Gasteiger charge is -2.02. The molecule has 0 radical (unpaired) electrons. The van der Waals surface area contributed by atoms with Gasteiger partial charge in [-0.2, -0.15) is 13.8 Å². The number of pyridine rings is 1. The summed E-state index contributed by atoms with van der Waals surface area (Å²) in [6, 6.07) is 4.28. The van der Waals surface area contributed by atoms with Crippen molar-refractivity contribution in [3.05, 3.63) is 18.2 Å². The van der Waals surface area contributed by atoms with E-state index in [2.05, 4.69) is 9.72 Å². The smallest absolute Gasteiger partial charge is 0.388 e. The van der Waals surface area contributed by atoms with E-state index in [0.29, 0.717) is 0 Å². The molecule has 13 heavy (non-hydrogen) atoms. The Hall–Kier alpha value is -0.810. The fourth-order valence-corrected chi connectivity index (χ4v) is 0.588. The van der Waals surface area contributed by atoms with Crippen LogP contribution in [-0.4, -0.2) is 11.6 Å². The average molecular weight is 233 g/mol. The lowest BCUT2D eigenvalue weighted by Crippen LogP contribution is -2.04. The highest BCUT2D eigenvalue weighted by Gasteiger charge is 2.04. The van der Waals surface area contributed by atoms with Gasteiger partial charge in [-0.15, -0.1) is 24.8 Å². The predicted octanol–water partition coefficient (Wildman–Crippen LogP) is 2.11. The zero-order chi connectivity index (χ0) is 8.27. The Labute approximate surface area is 86.1 Å². The number of aromatic nitrogens is 1. The Morgan fingerprint density at radius 1 is 1.31 bits per heavy atom. The van der Waals surface area contributed by atoms with E-state index in [4.69, 9.17) is 5.73 Å². The van der Waals surface area contributed by atoms with Gasteiger partial charge in [0.2, 0.25) is 5.88 Å². The summed E-state index contributed by atoms with van der Waals surface area (Å²) in [4.78, 5) is 3.49. The molecule has 0 saturated heterocycles. The van der Waals surface area contributed by atoms with Crippen molar-refractivity contribution in [2.24, 2.45) is 0 Å². The molecule has 3 nitrogen and oxygen atoms in total. The maximum Gasteiger partial charge on any atom is 0.388 e. The molecule has 0 bridgehead atoms. The van der Waals surface area contributed by atoms with Crippen LogP contribution in [0.4, 0.5) is 14.6 Å². The maximum absolute atomic E-state index is 11.5. The SMILES string of the molecule is Cl.Cl.Nc1cccc(OC(F)F)n1. The summed E-state index contributed by atoms with van der Waals surface area (Å²) in [7, 11) is 0. The van der Waals surface area contributed by atoms with Crippen molar-refractivity contribution in [3.8, 4) is 5.88 Å². The summed E-state index contributed by atoms with van der Waals surface area (Å²) in [5, 5.41) is 0. The van der Waals surface area contributed by atoms with Crippen molar-refractivity contribution in [1.29, 1.82) is 0 Å². The fraction of sp³-hybridized carbons (Fsp3) is 0.167. The van der Waals surface area contributed by atoms with Gasteiger partial charge in [-0.3, -0.25) is 0 Å². The lowest BCUT2D eigenvalue weighted by molar-refractivity contribution is -0.0527. The van der Waals surface area contributed by atoms with Gasteiger partial charge < -0.3 is 10.5 Å². The Bertz CT molecular complexity index is 250. The van der Waals surface area contributed by atoms with Crippen molar-refractivity contribution in [1.82, 2.24) is 4.98 Å². The van der Waals surface area contributed by atoms with Crippen LogP contribution in [0.3, 0.4) is 0 Å². The first-order valence-electron chi connectivity index (χ1n) is 2.86. The van der Waals surface area contributed by atoms with E-state index in [1.807, 2.05) is 0 Å². The summed E-state index contributed by atoms with van der Waals surface area (Å²) >= 11 is 0. The van der Waals surface area contributed by atoms with Crippen molar-refractivity contribution in [2.45, 2.75) is 6.61 Å². The zero-order valence-electron chi connectivity index (χ0n) is 6.31. The number of alkyl halides is 2. The van der Waals surface area contributed by atoms with Crippen LogP contribution in [0.2, 0.25) is 0 Å². The molecule has 2 N–H and O–H groups in total. The first-order chi connectivity index (χ1) is 5.18. The van der Waals surface area contributed by atoms with Gasteiger partial charge in [0.15, 0.2) is 0 Å². The van der Waals surface area contributed by atoms with Crippen LogP contribution in [0.5, 0.6) is 5.88 Å². The van der Waals surface area contributed by atoms with Crippen LogP contribution in [0.1, 0.15) is 0 Å². The molecule has 0 atom stereocenters. The van der Waals surface area contributed by atoms with Gasteiger partial charge in [0.05, 0.1) is 0 Å². The minimum atomic E-state index is -2.86. The van der Waals surface area contributed by atoms with E-state index < -0.39 is 6.61 Å². The quantitative estimate of drug-likeness (QED) is 0.850. The number of nitrogens with zero attached hydrogens (tertiary/aromatic N) is 1. The van der Waals surface area contributed by atoms with Crippen molar-refractivity contribution >= 4 is 30.6 Å². The van der Waals surface area contributed by atoms with Crippen LogP contribution in [0.15, 0.2) is 18.2 Å². The fourth-order valence-electron chi connectivity index (χ4n) is 0.588. The molecule has 76 valence electrons. The normalized spacial score (nSPS) is 8.54. The van der Waals surface area contributed by atoms with E-state index in [1.54, 1.807) is 0 Å². The van der Waals surface area contributed by atoms with Gasteiger partial charge in [-0.25, -0.2) is 0 Å². The number of nitrogen functional groups attached to an aromatic ring is 1. The molecule has 0 amide bonds. The molecule has 0 aliphatic carbocycles. The van der Waals surface area contributed by atoms with Crippen molar-refractivity contribution in [3.63, 3.8) is 0 Å². The standard InChI is InChI=1S/C6H6F2N2O.2ClH/c7-6(8)11-5-3-1-2-4(9)10-5;;/h1-3,6H,(H2,9,10);2*1H. The molecule has 0 aliphatic heterocycles. The van der Waals surface area contributed by atoms with E-state index in [1.165, 1.54) is 18.2 Å². The molecule has 0 fully saturated rings. The molecule has 1 aromatic heterocycles. The Balaban J connectivity index is 0. The number of hydrogen-bond donors (Lipinski definition) is 1. The second-order valence-corrected chi connectivity index (χ2v) is 1.78. The summed E-state index contributed by atoms with van der Waals surface area (Å²) in [5.74, 6) is -0.0110. The van der Waals surface area contributed by atoms with Crippen LogP contribution >= 0.6 is 24.8 Å². The minimum Gasteiger partial charge on any atom is -0.417 e. The third kappa shape index (κ3) is 5.43. The van der Waals surface area contributed by atoms with Gasteiger partial charge in [-0.05, 0) is 6.07 Å². The number of hydrogen-bond acceptors (Lipinski definition) is 3. The van der Waals surface area contributed by atoms with Crippen LogP contribution in [0.25, 0.3) is 0 Å². The molecule has 0 aromatic carbocycles. The Kier molecular flexibility index (Phi) is 7.55. The zero-order valence-corrected chi connectivity index (χ0v) is 7.95. The van der Waals surface area contributed by atoms with Crippen molar-refractivity contribution < 1.29 is 13.5 Å². The average Bonchev–Trinajstić information content (AvgIpc) is 1.85. The van der Waals surface area contributed by atoms with Gasteiger partial charge >= 0.3 is 6.61 Å². The van der Waals surface area contributed by atoms with Gasteiger partial charge in [0, 0.05) is 6.07 Å². The van der Waals surface area contributed by atoms with E-state index >= 15 is 0 Å². The number of rotatable bonds is 2. The first-order valence-corrected chi connectivity index (χ1v) is 2.86. The highest BCUT2D eigenvalue weighted by atomic mass is 35.5. The van der Waals surface area contributed by atoms with E-state index in [-0.39, 0.29) is 36.5 Å². The monoisotopic (exact) mass is 232 g/mol. The Morgan fingerprint density at radius 2 is 1.92 bits per heavy atom. The third-order valence-corrected chi connectivity index (χ3v) is 0.955. The highest BCUT2D eigenvalue weighted by Crippen LogP contribution is 2.11. The van der Waals surface area contributed by atoms with Crippen LogP contribution < -0.4 is 10.5 Å². The largest absolute Gasteiger partial charge is 0.417 e. The van der Waals surface area contributed by atoms with Gasteiger partial charge in [0.1, 0.15) is 5.82 Å². The molecular formula is C6H8Cl2F2N2O. The minimum absolute atomic E-state index is 0. The van der Waals surface area contributed by atoms with Crippen molar-refractivity contribution in [2.75, 3.05) is 5.73 Å². The number of ether oxygens (including phenoxy) is 1. The maximum atomic E-state index is 11.5. The number of halogens is 4. The van der Waals surface area contributed by atoms with Crippen LogP contribution in [-0.2, 0) is 0 Å². The first kappa shape index (κ1) is 14.7. The molecule has 0 aliphatic rings. The summed E-state index contributed by atoms with van der Waals surface area (Å²) < 4.78 is 27.1. The lowest BCUT2D eigenvalue weighted by atomic mass is 10.4. The molecule has 7 heteroatoms. The molecule has 1 heterocycles. The van der Waals surface area contributed by atoms with E-state index in [0.717, 1.165) is 0 Å². The highest BCUT2D eigenvalue weighted by molar-refractivity contribution is 5.85. The van der Waals surface area contributed by atoms with Gasteiger partial charge in [0.25, 0.3) is 0 Å². The van der Waals surface area contributed by atoms with E-state index in [9.17, 15) is 8.78 Å². The third-order valence-electron chi connectivity index (χ3n) is 0.955. The molecule has 1 rings (SSSR count). The second-order valence-electron chi connectivity index (χ2n) is 1.78. The topological polar surface area (TPSA) is 48.1 Å². The summed E-state index contributed by atoms with van der Waals surface area (Å²) in [6.07, 6.45) is 0. The van der Waals surface area contributed by atoms with Gasteiger partial charge in [-0.1, -0.05) is 6.07 Å². The molecule has 1 aromatic rings. The summed E-state index contributed by atoms with van der Waals surface area (Å²) in [5.41, 5.74) is 5.20. The van der Waals surface area contributed by atoms with Crippen LogP contribution in [0, 0.1) is 0 Å². The molecule has 0 spiro atoms. The summed E-state index contributed by atoms with van der Waals surface area (Å²) in [6.45, 7) is -2.86. The molecule has 0 unspecified atom stereocenters. The predicted molar refractivity (Wildman–Crippen MR) is 49.8 cm³/mol. The number of nitrogens with two attached hydrogens (primary N) is 1. The molecular weight excluding hydrogens is 225 g/mol. The second kappa shape index (κ2) is 6.68.